The molecule has 1 amide bonds. The van der Waals surface area contributed by atoms with Crippen molar-refractivity contribution < 1.29 is 4.79 Å². The SMILES string of the molecule is CCC(C)C(=O)Nc1nnc(Cc2ccccc2)s1. The van der Waals surface area contributed by atoms with E-state index in [9.17, 15) is 4.79 Å². The van der Waals surface area contributed by atoms with Gasteiger partial charge in [0.1, 0.15) is 5.01 Å². The monoisotopic (exact) mass is 275 g/mol. The molecule has 0 aliphatic carbocycles. The zero-order valence-corrected chi connectivity index (χ0v) is 11.9. The first-order valence-corrected chi connectivity index (χ1v) is 7.18. The number of carbonyl (C=O) groups excluding carboxylic acids is 1. The molecule has 1 aromatic carbocycles. The van der Waals surface area contributed by atoms with Gasteiger partial charge in [-0.15, -0.1) is 10.2 Å². The molecule has 2 aromatic rings. The summed E-state index contributed by atoms with van der Waals surface area (Å²) < 4.78 is 0. The number of nitrogens with zero attached hydrogens (tertiary/aromatic N) is 2. The first-order valence-electron chi connectivity index (χ1n) is 6.36. The molecule has 0 radical (unpaired) electrons. The molecule has 1 atom stereocenters. The van der Waals surface area contributed by atoms with Crippen LogP contribution in [0.2, 0.25) is 0 Å². The molecule has 0 aliphatic rings. The predicted molar refractivity (Wildman–Crippen MR) is 77.2 cm³/mol. The van der Waals surface area contributed by atoms with Crippen molar-refractivity contribution in [3.8, 4) is 0 Å². The largest absolute Gasteiger partial charge is 0.300 e. The van der Waals surface area contributed by atoms with Gasteiger partial charge in [-0.05, 0) is 12.0 Å². The summed E-state index contributed by atoms with van der Waals surface area (Å²) in [7, 11) is 0. The van der Waals surface area contributed by atoms with Crippen molar-refractivity contribution in [1.82, 2.24) is 10.2 Å². The van der Waals surface area contributed by atoms with Gasteiger partial charge in [0.25, 0.3) is 0 Å². The van der Waals surface area contributed by atoms with Crippen LogP contribution in [0.1, 0.15) is 30.8 Å². The van der Waals surface area contributed by atoms with Gasteiger partial charge in [0, 0.05) is 12.3 Å². The molecule has 1 N–H and O–H groups in total. The summed E-state index contributed by atoms with van der Waals surface area (Å²) in [6, 6.07) is 10.1. The average molecular weight is 275 g/mol. The van der Waals surface area contributed by atoms with Crippen molar-refractivity contribution in [2.45, 2.75) is 26.7 Å². The molecule has 0 bridgehead atoms. The fourth-order valence-corrected chi connectivity index (χ4v) is 2.34. The highest BCUT2D eigenvalue weighted by molar-refractivity contribution is 7.15. The summed E-state index contributed by atoms with van der Waals surface area (Å²) >= 11 is 1.43. The molecular weight excluding hydrogens is 258 g/mol. The van der Waals surface area contributed by atoms with Gasteiger partial charge in [-0.1, -0.05) is 55.5 Å². The van der Waals surface area contributed by atoms with Crippen LogP contribution >= 0.6 is 11.3 Å². The van der Waals surface area contributed by atoms with E-state index in [2.05, 4.69) is 27.6 Å². The highest BCUT2D eigenvalue weighted by atomic mass is 32.1. The first-order chi connectivity index (χ1) is 9.19. The van der Waals surface area contributed by atoms with Crippen molar-refractivity contribution in [3.05, 3.63) is 40.9 Å². The summed E-state index contributed by atoms with van der Waals surface area (Å²) in [5.41, 5.74) is 1.19. The van der Waals surface area contributed by atoms with Crippen LogP contribution in [0.25, 0.3) is 0 Å². The lowest BCUT2D eigenvalue weighted by atomic mass is 10.1. The van der Waals surface area contributed by atoms with Crippen molar-refractivity contribution in [2.24, 2.45) is 5.92 Å². The topological polar surface area (TPSA) is 54.9 Å². The Morgan fingerprint density at radius 3 is 2.74 bits per heavy atom. The molecule has 0 saturated heterocycles. The number of hydrogen-bond donors (Lipinski definition) is 1. The predicted octanol–water partition coefficient (Wildman–Crippen LogP) is 3.11. The maximum absolute atomic E-state index is 11.7. The van der Waals surface area contributed by atoms with Crippen LogP contribution in [0.4, 0.5) is 5.13 Å². The zero-order chi connectivity index (χ0) is 13.7. The Labute approximate surface area is 116 Å². The first kappa shape index (κ1) is 13.7. The van der Waals surface area contributed by atoms with Crippen LogP contribution in [-0.4, -0.2) is 16.1 Å². The van der Waals surface area contributed by atoms with Gasteiger partial charge >= 0.3 is 0 Å². The third-order valence-electron chi connectivity index (χ3n) is 2.96. The summed E-state index contributed by atoms with van der Waals surface area (Å²) in [5.74, 6) is 0.00591. The Hall–Kier alpha value is -1.75. The molecule has 0 spiro atoms. The van der Waals surface area contributed by atoms with Crippen molar-refractivity contribution in [1.29, 1.82) is 0 Å². The maximum atomic E-state index is 11.7. The molecule has 1 aromatic heterocycles. The van der Waals surface area contributed by atoms with Crippen LogP contribution in [0.3, 0.4) is 0 Å². The summed E-state index contributed by atoms with van der Waals surface area (Å²) in [6.07, 6.45) is 1.57. The molecule has 5 heteroatoms. The molecule has 19 heavy (non-hydrogen) atoms. The van der Waals surface area contributed by atoms with Crippen LogP contribution in [0, 0.1) is 5.92 Å². The second-order valence-electron chi connectivity index (χ2n) is 4.46. The number of aromatic nitrogens is 2. The molecule has 4 nitrogen and oxygen atoms in total. The highest BCUT2D eigenvalue weighted by Crippen LogP contribution is 2.19. The third kappa shape index (κ3) is 3.86. The van der Waals surface area contributed by atoms with E-state index in [1.165, 1.54) is 16.9 Å². The summed E-state index contributed by atoms with van der Waals surface area (Å²) in [4.78, 5) is 11.7. The highest BCUT2D eigenvalue weighted by Gasteiger charge is 2.13. The molecular formula is C14H17N3OS. The molecule has 1 unspecified atom stereocenters. The lowest BCUT2D eigenvalue weighted by molar-refractivity contribution is -0.119. The minimum Gasteiger partial charge on any atom is -0.300 e. The number of nitrogens with one attached hydrogen (secondary N) is 1. The second kappa shape index (κ2) is 6.43. The maximum Gasteiger partial charge on any atom is 0.229 e. The molecule has 0 fully saturated rings. The minimum atomic E-state index is 0.00136. The van der Waals surface area contributed by atoms with Crippen molar-refractivity contribution in [2.75, 3.05) is 5.32 Å². The summed E-state index contributed by atoms with van der Waals surface area (Å²) in [5, 5.41) is 12.4. The van der Waals surface area contributed by atoms with Gasteiger partial charge in [-0.2, -0.15) is 0 Å². The van der Waals surface area contributed by atoms with Crippen LogP contribution in [-0.2, 0) is 11.2 Å². The molecule has 1 heterocycles. The second-order valence-corrected chi connectivity index (χ2v) is 5.52. The number of carbonyl (C=O) groups is 1. The number of rotatable bonds is 5. The minimum absolute atomic E-state index is 0.00136. The van der Waals surface area contributed by atoms with E-state index >= 15 is 0 Å². The van der Waals surface area contributed by atoms with E-state index in [1.54, 1.807) is 0 Å². The smallest absolute Gasteiger partial charge is 0.229 e. The van der Waals surface area contributed by atoms with Crippen LogP contribution in [0.5, 0.6) is 0 Å². The number of benzene rings is 1. The van der Waals surface area contributed by atoms with Gasteiger partial charge in [0.15, 0.2) is 0 Å². The average Bonchev–Trinajstić information content (AvgIpc) is 2.86. The van der Waals surface area contributed by atoms with Crippen molar-refractivity contribution in [3.63, 3.8) is 0 Å². The third-order valence-corrected chi connectivity index (χ3v) is 3.79. The van der Waals surface area contributed by atoms with E-state index in [0.29, 0.717) is 5.13 Å². The fourth-order valence-electron chi connectivity index (χ4n) is 1.56. The number of hydrogen-bond acceptors (Lipinski definition) is 4. The Kier molecular flexibility index (Phi) is 4.63. The summed E-state index contributed by atoms with van der Waals surface area (Å²) in [6.45, 7) is 3.90. The van der Waals surface area contributed by atoms with Crippen LogP contribution in [0.15, 0.2) is 30.3 Å². The van der Waals surface area contributed by atoms with E-state index in [-0.39, 0.29) is 11.8 Å². The van der Waals surface area contributed by atoms with Gasteiger partial charge in [-0.3, -0.25) is 4.79 Å². The zero-order valence-electron chi connectivity index (χ0n) is 11.1. The molecule has 2 rings (SSSR count). The lowest BCUT2D eigenvalue weighted by Crippen LogP contribution is -2.19. The van der Waals surface area contributed by atoms with Gasteiger partial charge < -0.3 is 5.32 Å². The number of anilines is 1. The van der Waals surface area contributed by atoms with Gasteiger partial charge in [-0.25, -0.2) is 0 Å². The van der Waals surface area contributed by atoms with Crippen molar-refractivity contribution >= 4 is 22.4 Å². The Morgan fingerprint density at radius 1 is 1.32 bits per heavy atom. The Bertz CT molecular complexity index is 539. The van der Waals surface area contributed by atoms with Crippen LogP contribution < -0.4 is 5.32 Å². The fraction of sp³-hybridized carbons (Fsp3) is 0.357. The number of amides is 1. The molecule has 0 aliphatic heterocycles. The molecule has 100 valence electrons. The van der Waals surface area contributed by atoms with E-state index in [4.69, 9.17) is 0 Å². The normalized spacial score (nSPS) is 12.1. The molecule has 0 saturated carbocycles. The van der Waals surface area contributed by atoms with E-state index < -0.39 is 0 Å². The van der Waals surface area contributed by atoms with Gasteiger partial charge in [0.05, 0.1) is 0 Å². The Balaban J connectivity index is 1.98. The van der Waals surface area contributed by atoms with Gasteiger partial charge in [0.2, 0.25) is 11.0 Å². The van der Waals surface area contributed by atoms with E-state index in [1.807, 2.05) is 32.0 Å². The quantitative estimate of drug-likeness (QED) is 0.912. The van der Waals surface area contributed by atoms with E-state index in [0.717, 1.165) is 17.8 Å². The Morgan fingerprint density at radius 2 is 2.05 bits per heavy atom. The standard InChI is InChI=1S/C14H17N3OS/c1-3-10(2)13(18)15-14-17-16-12(19-14)9-11-7-5-4-6-8-11/h4-8,10H,3,9H2,1-2H3,(H,15,17,18). The lowest BCUT2D eigenvalue weighted by Gasteiger charge is -2.06.